The van der Waals surface area contributed by atoms with Gasteiger partial charge in [-0.25, -0.2) is 9.36 Å². The second kappa shape index (κ2) is 8.85. The molecule has 0 aliphatic rings. The number of nitrogens with zero attached hydrogens (tertiary/aromatic N) is 2. The van der Waals surface area contributed by atoms with Crippen molar-refractivity contribution in [1.29, 1.82) is 0 Å². The lowest BCUT2D eigenvalue weighted by Gasteiger charge is -2.17. The minimum Gasteiger partial charge on any atom is -0.348 e. The van der Waals surface area contributed by atoms with Crippen LogP contribution >= 0.6 is 11.6 Å². The van der Waals surface area contributed by atoms with Gasteiger partial charge in [0.25, 0.3) is 5.56 Å². The second-order valence-electron chi connectivity index (χ2n) is 7.71. The number of nitrogens with one attached hydrogen (secondary N) is 1. The predicted molar refractivity (Wildman–Crippen MR) is 127 cm³/mol. The van der Waals surface area contributed by atoms with E-state index in [0.717, 1.165) is 15.7 Å². The molecule has 0 radical (unpaired) electrons. The molecular formula is C25H22ClN3O3. The van der Waals surface area contributed by atoms with Gasteiger partial charge in [-0.15, -0.1) is 0 Å². The molecule has 6 nitrogen and oxygen atoms in total. The number of hydrogen-bond donors (Lipinski definition) is 1. The fraction of sp³-hybridized carbons (Fsp3) is 0.160. The van der Waals surface area contributed by atoms with Crippen molar-refractivity contribution in [2.75, 3.05) is 0 Å². The van der Waals surface area contributed by atoms with E-state index in [1.54, 1.807) is 30.3 Å². The average molecular weight is 448 g/mol. The van der Waals surface area contributed by atoms with Crippen molar-refractivity contribution in [3.05, 3.63) is 110 Å². The van der Waals surface area contributed by atoms with Crippen molar-refractivity contribution < 1.29 is 4.79 Å². The van der Waals surface area contributed by atoms with E-state index in [0.29, 0.717) is 21.6 Å². The molecule has 1 amide bonds. The van der Waals surface area contributed by atoms with Gasteiger partial charge in [0.05, 0.1) is 22.6 Å². The maximum Gasteiger partial charge on any atom is 0.336 e. The molecule has 3 aromatic carbocycles. The first-order chi connectivity index (χ1) is 15.3. The third-order valence-electron chi connectivity index (χ3n) is 5.34. The highest BCUT2D eigenvalue weighted by Gasteiger charge is 2.18. The Kier molecular flexibility index (Phi) is 5.97. The summed E-state index contributed by atoms with van der Waals surface area (Å²) < 4.78 is 2.38. The lowest BCUT2D eigenvalue weighted by molar-refractivity contribution is -0.122. The third kappa shape index (κ3) is 4.22. The molecule has 0 saturated carbocycles. The maximum absolute atomic E-state index is 13.4. The van der Waals surface area contributed by atoms with E-state index in [-0.39, 0.29) is 18.5 Å². The first-order valence-electron chi connectivity index (χ1n) is 10.2. The zero-order valence-corrected chi connectivity index (χ0v) is 18.5. The van der Waals surface area contributed by atoms with Crippen LogP contribution in [-0.4, -0.2) is 15.0 Å². The molecule has 162 valence electrons. The molecule has 4 rings (SSSR count). The first-order valence-corrected chi connectivity index (χ1v) is 10.6. The maximum atomic E-state index is 13.4. The standard InChI is InChI=1S/C25H22ClN3O3/c1-16-7-6-10-20(13-16)29-24(31)21-12-11-19(26)14-22(21)28(25(29)32)15-23(30)27-17(2)18-8-4-3-5-9-18/h3-14,17H,15H2,1-2H3,(H,27,30)/t17-/m1/s1. The third-order valence-corrected chi connectivity index (χ3v) is 5.58. The number of fused-ring (bicyclic) bond motifs is 1. The van der Waals surface area contributed by atoms with Crippen LogP contribution in [-0.2, 0) is 11.3 Å². The Morgan fingerprint density at radius 3 is 2.47 bits per heavy atom. The van der Waals surface area contributed by atoms with Gasteiger partial charge in [0.15, 0.2) is 0 Å². The van der Waals surface area contributed by atoms with E-state index in [1.807, 2.05) is 50.2 Å². The lowest BCUT2D eigenvalue weighted by atomic mass is 10.1. The molecule has 1 N–H and O–H groups in total. The zero-order valence-electron chi connectivity index (χ0n) is 17.7. The smallest absolute Gasteiger partial charge is 0.336 e. The largest absolute Gasteiger partial charge is 0.348 e. The van der Waals surface area contributed by atoms with Crippen LogP contribution in [0, 0.1) is 6.92 Å². The minimum absolute atomic E-state index is 0.239. The SMILES string of the molecule is Cc1cccc(-n2c(=O)c3ccc(Cl)cc3n(CC(=O)N[C@H](C)c3ccccc3)c2=O)c1. The number of carbonyl (C=O) groups excluding carboxylic acids is 1. The summed E-state index contributed by atoms with van der Waals surface area (Å²) in [6.45, 7) is 3.50. The van der Waals surface area contributed by atoms with Gasteiger partial charge in [0.1, 0.15) is 6.54 Å². The molecule has 7 heteroatoms. The van der Waals surface area contributed by atoms with Crippen LogP contribution in [0.3, 0.4) is 0 Å². The summed E-state index contributed by atoms with van der Waals surface area (Å²) in [7, 11) is 0. The molecule has 1 atom stereocenters. The van der Waals surface area contributed by atoms with Crippen LogP contribution in [0.4, 0.5) is 0 Å². The second-order valence-corrected chi connectivity index (χ2v) is 8.15. The van der Waals surface area contributed by atoms with E-state index in [2.05, 4.69) is 5.32 Å². The molecule has 0 aliphatic heterocycles. The highest BCUT2D eigenvalue weighted by Crippen LogP contribution is 2.17. The normalized spacial score (nSPS) is 12.0. The Labute approximate surface area is 189 Å². The monoisotopic (exact) mass is 447 g/mol. The van der Waals surface area contributed by atoms with Crippen molar-refractivity contribution in [3.63, 3.8) is 0 Å². The molecule has 1 heterocycles. The van der Waals surface area contributed by atoms with Gasteiger partial charge < -0.3 is 5.32 Å². The number of hydrogen-bond acceptors (Lipinski definition) is 3. The fourth-order valence-corrected chi connectivity index (χ4v) is 3.91. The van der Waals surface area contributed by atoms with Crippen LogP contribution in [0.1, 0.15) is 24.1 Å². The number of benzene rings is 3. The Balaban J connectivity index is 1.81. The van der Waals surface area contributed by atoms with Crippen LogP contribution in [0.5, 0.6) is 0 Å². The first kappa shape index (κ1) is 21.6. The highest BCUT2D eigenvalue weighted by atomic mass is 35.5. The van der Waals surface area contributed by atoms with Gasteiger partial charge in [0, 0.05) is 5.02 Å². The molecule has 1 aromatic heterocycles. The van der Waals surface area contributed by atoms with Crippen molar-refractivity contribution >= 4 is 28.4 Å². The average Bonchev–Trinajstić information content (AvgIpc) is 2.77. The van der Waals surface area contributed by atoms with Crippen LogP contribution in [0.25, 0.3) is 16.6 Å². The molecule has 0 fully saturated rings. The Morgan fingerprint density at radius 2 is 1.75 bits per heavy atom. The van der Waals surface area contributed by atoms with Gasteiger partial charge >= 0.3 is 5.69 Å². The highest BCUT2D eigenvalue weighted by molar-refractivity contribution is 6.31. The summed E-state index contributed by atoms with van der Waals surface area (Å²) in [4.78, 5) is 39.5. The summed E-state index contributed by atoms with van der Waals surface area (Å²) in [6, 6.07) is 21.1. The van der Waals surface area contributed by atoms with Crippen molar-refractivity contribution in [1.82, 2.24) is 14.5 Å². The molecule has 4 aromatic rings. The molecule has 0 saturated heterocycles. The van der Waals surface area contributed by atoms with Gasteiger partial charge in [-0.2, -0.15) is 0 Å². The molecule has 0 aliphatic carbocycles. The number of rotatable bonds is 5. The van der Waals surface area contributed by atoms with E-state index >= 15 is 0 Å². The molecule has 0 bridgehead atoms. The number of aromatic nitrogens is 2. The van der Waals surface area contributed by atoms with Gasteiger partial charge in [-0.3, -0.25) is 14.2 Å². The number of amides is 1. The Hall–Kier alpha value is -3.64. The van der Waals surface area contributed by atoms with Crippen LogP contribution < -0.4 is 16.6 Å². The molecule has 0 spiro atoms. The summed E-state index contributed by atoms with van der Waals surface area (Å²) in [5.74, 6) is -0.348. The van der Waals surface area contributed by atoms with Gasteiger partial charge in [-0.1, -0.05) is 54.1 Å². The van der Waals surface area contributed by atoms with Crippen molar-refractivity contribution in [2.45, 2.75) is 26.4 Å². The van der Waals surface area contributed by atoms with Crippen molar-refractivity contribution in [2.24, 2.45) is 0 Å². The summed E-state index contributed by atoms with van der Waals surface area (Å²) in [5, 5.41) is 3.59. The van der Waals surface area contributed by atoms with Crippen LogP contribution in [0.15, 0.2) is 82.4 Å². The van der Waals surface area contributed by atoms with E-state index in [9.17, 15) is 14.4 Å². The van der Waals surface area contributed by atoms with Crippen LogP contribution in [0.2, 0.25) is 5.02 Å². The van der Waals surface area contributed by atoms with E-state index in [1.165, 1.54) is 10.6 Å². The summed E-state index contributed by atoms with van der Waals surface area (Å²) in [6.07, 6.45) is 0. The topological polar surface area (TPSA) is 73.1 Å². The number of aryl methyl sites for hydroxylation is 1. The quantitative estimate of drug-likeness (QED) is 0.502. The zero-order chi connectivity index (χ0) is 22.8. The van der Waals surface area contributed by atoms with Gasteiger partial charge in [0.2, 0.25) is 5.91 Å². The molecular weight excluding hydrogens is 426 g/mol. The lowest BCUT2D eigenvalue weighted by Crippen LogP contribution is -2.42. The Bertz CT molecular complexity index is 1420. The fourth-order valence-electron chi connectivity index (χ4n) is 3.74. The number of carbonyl (C=O) groups is 1. The van der Waals surface area contributed by atoms with Gasteiger partial charge in [-0.05, 0) is 55.3 Å². The summed E-state index contributed by atoms with van der Waals surface area (Å²) in [5.41, 5.74) is 1.57. The molecule has 0 unspecified atom stereocenters. The Morgan fingerprint density at radius 1 is 1.00 bits per heavy atom. The predicted octanol–water partition coefficient (Wildman–Crippen LogP) is 3.99. The number of halogens is 1. The van der Waals surface area contributed by atoms with Crippen molar-refractivity contribution in [3.8, 4) is 5.69 Å². The van der Waals surface area contributed by atoms with E-state index in [4.69, 9.17) is 11.6 Å². The van der Waals surface area contributed by atoms with E-state index < -0.39 is 11.2 Å². The minimum atomic E-state index is -0.599. The summed E-state index contributed by atoms with van der Waals surface area (Å²) >= 11 is 6.15. The molecule has 32 heavy (non-hydrogen) atoms.